The van der Waals surface area contributed by atoms with Gasteiger partial charge in [0.05, 0.1) is 18.4 Å². The van der Waals surface area contributed by atoms with E-state index in [0.29, 0.717) is 5.56 Å². The minimum atomic E-state index is -0.458. The van der Waals surface area contributed by atoms with Crippen LogP contribution in [0.1, 0.15) is 33.5 Å². The number of ether oxygens (including phenoxy) is 1. The van der Waals surface area contributed by atoms with Gasteiger partial charge >= 0.3 is 5.97 Å². The summed E-state index contributed by atoms with van der Waals surface area (Å²) in [5, 5.41) is 4.08. The summed E-state index contributed by atoms with van der Waals surface area (Å²) in [6.07, 6.45) is 1.56. The van der Waals surface area contributed by atoms with Crippen molar-refractivity contribution >= 4 is 27.6 Å². The van der Waals surface area contributed by atoms with E-state index in [4.69, 9.17) is 9.57 Å². The van der Waals surface area contributed by atoms with Crippen molar-refractivity contribution in [3.05, 3.63) is 63.1 Å². The number of oxime groups is 1. The number of hydrogen-bond acceptors (Lipinski definition) is 4. The van der Waals surface area contributed by atoms with Crippen LogP contribution in [-0.2, 0) is 11.3 Å². The molecule has 2 aromatic rings. The van der Waals surface area contributed by atoms with Gasteiger partial charge in [-0.25, -0.2) is 4.79 Å². The first-order valence-electron chi connectivity index (χ1n) is 7.30. The Hall–Kier alpha value is -2.14. The number of fused-ring (bicyclic) bond motifs is 1. The fraction of sp³-hybridized carbons (Fsp3) is 0.222. The largest absolute Gasteiger partial charge is 0.496 e. The molecule has 118 valence electrons. The van der Waals surface area contributed by atoms with Crippen LogP contribution in [0.3, 0.4) is 0 Å². The van der Waals surface area contributed by atoms with Gasteiger partial charge in [0.25, 0.3) is 0 Å². The average molecular weight is 374 g/mol. The van der Waals surface area contributed by atoms with Gasteiger partial charge in [0, 0.05) is 10.0 Å². The summed E-state index contributed by atoms with van der Waals surface area (Å²) in [5.41, 5.74) is 4.36. The smallest absolute Gasteiger partial charge is 0.365 e. The Morgan fingerprint density at radius 1 is 1.13 bits per heavy atom. The van der Waals surface area contributed by atoms with E-state index in [1.165, 1.54) is 0 Å². The molecule has 0 radical (unpaired) electrons. The van der Waals surface area contributed by atoms with Gasteiger partial charge in [-0.3, -0.25) is 0 Å². The Balaban J connectivity index is 1.85. The summed E-state index contributed by atoms with van der Waals surface area (Å²) in [5.74, 6) is 0.283. The summed E-state index contributed by atoms with van der Waals surface area (Å²) >= 11 is 3.54. The zero-order valence-electron chi connectivity index (χ0n) is 12.9. The van der Waals surface area contributed by atoms with Gasteiger partial charge in [0.15, 0.2) is 0 Å². The fourth-order valence-corrected chi connectivity index (χ4v) is 3.16. The molecule has 0 aromatic heterocycles. The molecule has 5 heteroatoms. The first-order chi connectivity index (χ1) is 11.1. The number of carbonyl (C=O) groups is 1. The lowest BCUT2D eigenvalue weighted by molar-refractivity contribution is 0.0516. The van der Waals surface area contributed by atoms with Crippen LogP contribution < -0.4 is 4.74 Å². The highest BCUT2D eigenvalue weighted by atomic mass is 79.9. The second kappa shape index (κ2) is 6.54. The van der Waals surface area contributed by atoms with E-state index in [0.717, 1.165) is 45.5 Å². The normalized spacial score (nSPS) is 14.7. The molecule has 0 bridgehead atoms. The third-order valence-corrected chi connectivity index (χ3v) is 4.61. The van der Waals surface area contributed by atoms with E-state index in [9.17, 15) is 4.79 Å². The molecule has 0 unspecified atom stereocenters. The molecule has 0 saturated heterocycles. The molecule has 0 aliphatic heterocycles. The van der Waals surface area contributed by atoms with Crippen LogP contribution in [0, 0.1) is 6.92 Å². The second-order valence-corrected chi connectivity index (χ2v) is 6.24. The number of halogens is 1. The minimum Gasteiger partial charge on any atom is -0.496 e. The molecule has 23 heavy (non-hydrogen) atoms. The monoisotopic (exact) mass is 373 g/mol. The number of benzene rings is 2. The topological polar surface area (TPSA) is 47.9 Å². The van der Waals surface area contributed by atoms with Crippen molar-refractivity contribution in [1.82, 2.24) is 0 Å². The summed E-state index contributed by atoms with van der Waals surface area (Å²) in [7, 11) is 1.62. The van der Waals surface area contributed by atoms with E-state index < -0.39 is 5.97 Å². The van der Waals surface area contributed by atoms with E-state index in [-0.39, 0.29) is 0 Å². The van der Waals surface area contributed by atoms with Crippen molar-refractivity contribution in [3.8, 4) is 5.75 Å². The van der Waals surface area contributed by atoms with E-state index in [1.54, 1.807) is 19.2 Å². The van der Waals surface area contributed by atoms with Crippen molar-refractivity contribution in [3.63, 3.8) is 0 Å². The molecule has 0 saturated carbocycles. The van der Waals surface area contributed by atoms with Gasteiger partial charge < -0.3 is 9.57 Å². The van der Waals surface area contributed by atoms with Crippen LogP contribution in [0.4, 0.5) is 0 Å². The number of hydrogen-bond donors (Lipinski definition) is 0. The number of rotatable bonds is 3. The molecular weight excluding hydrogens is 358 g/mol. The first-order valence-corrected chi connectivity index (χ1v) is 8.10. The highest BCUT2D eigenvalue weighted by molar-refractivity contribution is 9.10. The summed E-state index contributed by atoms with van der Waals surface area (Å²) in [6, 6.07) is 11.0. The predicted octanol–water partition coefficient (Wildman–Crippen LogP) is 4.27. The Kier molecular flexibility index (Phi) is 4.48. The maximum absolute atomic E-state index is 12.1. The summed E-state index contributed by atoms with van der Waals surface area (Å²) in [4.78, 5) is 17.2. The van der Waals surface area contributed by atoms with E-state index in [2.05, 4.69) is 21.1 Å². The Bertz CT molecular complexity index is 782. The van der Waals surface area contributed by atoms with Crippen molar-refractivity contribution in [1.29, 1.82) is 0 Å². The first kappa shape index (κ1) is 15.7. The average Bonchev–Trinajstić information content (AvgIpc) is 2.99. The summed E-state index contributed by atoms with van der Waals surface area (Å²) < 4.78 is 6.42. The third kappa shape index (κ3) is 3.15. The molecule has 4 nitrogen and oxygen atoms in total. The maximum Gasteiger partial charge on any atom is 0.365 e. The van der Waals surface area contributed by atoms with Gasteiger partial charge in [0.1, 0.15) is 5.75 Å². The van der Waals surface area contributed by atoms with Gasteiger partial charge in [-0.2, -0.15) is 0 Å². The quantitative estimate of drug-likeness (QED) is 0.595. The maximum atomic E-state index is 12.1. The highest BCUT2D eigenvalue weighted by Crippen LogP contribution is 2.36. The van der Waals surface area contributed by atoms with Crippen LogP contribution in [-0.4, -0.2) is 18.8 Å². The van der Waals surface area contributed by atoms with Crippen LogP contribution in [0.25, 0.3) is 0 Å². The molecule has 1 aliphatic rings. The zero-order chi connectivity index (χ0) is 16.4. The lowest BCUT2D eigenvalue weighted by atomic mass is 10.1. The molecule has 0 amide bonds. The highest BCUT2D eigenvalue weighted by Gasteiger charge is 2.25. The van der Waals surface area contributed by atoms with Crippen molar-refractivity contribution in [2.45, 2.75) is 19.8 Å². The number of aryl methyl sites for hydroxylation is 1. The lowest BCUT2D eigenvalue weighted by Crippen LogP contribution is -2.05. The van der Waals surface area contributed by atoms with Crippen LogP contribution in [0.5, 0.6) is 5.75 Å². The SMILES string of the molecule is COc1ccc(Br)c2c1/C(=N/OC(=O)c1ccc(C)cc1)CC2. The van der Waals surface area contributed by atoms with E-state index >= 15 is 0 Å². The minimum absolute atomic E-state index is 0.458. The molecule has 0 spiro atoms. The zero-order valence-corrected chi connectivity index (χ0v) is 14.5. The number of methoxy groups -OCH3 is 1. The molecule has 0 heterocycles. The molecule has 2 aromatic carbocycles. The van der Waals surface area contributed by atoms with Gasteiger partial charge in [-0.15, -0.1) is 0 Å². The Morgan fingerprint density at radius 3 is 2.57 bits per heavy atom. The molecule has 1 aliphatic carbocycles. The number of nitrogens with zero attached hydrogens (tertiary/aromatic N) is 1. The molecular formula is C18H16BrNO3. The molecule has 0 atom stereocenters. The van der Waals surface area contributed by atoms with Crippen molar-refractivity contribution < 1.29 is 14.4 Å². The van der Waals surface area contributed by atoms with Crippen LogP contribution >= 0.6 is 15.9 Å². The molecule has 0 fully saturated rings. The fourth-order valence-electron chi connectivity index (χ4n) is 2.63. The lowest BCUT2D eigenvalue weighted by Gasteiger charge is -2.09. The van der Waals surface area contributed by atoms with Crippen LogP contribution in [0.15, 0.2) is 46.0 Å². The predicted molar refractivity (Wildman–Crippen MR) is 92.1 cm³/mol. The van der Waals surface area contributed by atoms with Crippen LogP contribution in [0.2, 0.25) is 0 Å². The second-order valence-electron chi connectivity index (χ2n) is 5.39. The Morgan fingerprint density at radius 2 is 1.87 bits per heavy atom. The van der Waals surface area contributed by atoms with Crippen molar-refractivity contribution in [2.75, 3.05) is 7.11 Å². The van der Waals surface area contributed by atoms with Gasteiger partial charge in [0.2, 0.25) is 0 Å². The summed E-state index contributed by atoms with van der Waals surface area (Å²) in [6.45, 7) is 1.97. The van der Waals surface area contributed by atoms with Crippen molar-refractivity contribution in [2.24, 2.45) is 5.16 Å². The third-order valence-electron chi connectivity index (χ3n) is 3.86. The van der Waals surface area contributed by atoms with Gasteiger partial charge in [-0.1, -0.05) is 38.8 Å². The van der Waals surface area contributed by atoms with E-state index in [1.807, 2.05) is 31.2 Å². The molecule has 3 rings (SSSR count). The van der Waals surface area contributed by atoms with Gasteiger partial charge in [-0.05, 0) is 49.6 Å². The molecule has 0 N–H and O–H groups in total. The Labute approximate surface area is 143 Å². The number of carbonyl (C=O) groups excluding carboxylic acids is 1. The standard InChI is InChI=1S/C18H16BrNO3/c1-11-3-5-12(6-4-11)18(21)23-20-15-9-7-13-14(19)8-10-16(22-2)17(13)15/h3-6,8,10H,7,9H2,1-2H3/b20-15+.